The van der Waals surface area contributed by atoms with Gasteiger partial charge in [-0.3, -0.25) is 4.79 Å². The van der Waals surface area contributed by atoms with Gasteiger partial charge in [0.05, 0.1) is 22.2 Å². The van der Waals surface area contributed by atoms with E-state index in [1.54, 1.807) is 6.07 Å². The lowest BCUT2D eigenvalue weighted by molar-refractivity contribution is -0.0500. The van der Waals surface area contributed by atoms with Crippen LogP contribution in [0, 0.1) is 0 Å². The normalized spacial score (nSPS) is 15.1. The average Bonchev–Trinajstić information content (AvgIpc) is 3.29. The van der Waals surface area contributed by atoms with Crippen LogP contribution >= 0.6 is 39.1 Å². The van der Waals surface area contributed by atoms with E-state index in [1.807, 2.05) is 30.3 Å². The second-order valence-electron chi connectivity index (χ2n) is 8.45. The first-order chi connectivity index (χ1) is 18.5. The molecule has 0 heterocycles. The van der Waals surface area contributed by atoms with Crippen LogP contribution in [0.4, 0.5) is 13.2 Å². The molecule has 0 saturated carbocycles. The van der Waals surface area contributed by atoms with Gasteiger partial charge in [0.25, 0.3) is 0 Å². The maximum absolute atomic E-state index is 12.9. The van der Waals surface area contributed by atoms with Crippen molar-refractivity contribution in [2.24, 2.45) is 0 Å². The SMILES string of the molecule is O=Cc1cc(Cl)c(O[C@H]2CCc3c(-c4cccc(OCCCBr)c4Cl)cccc32)cc1OS(=O)(=O)C(F)(F)F. The second kappa shape index (κ2) is 12.0. The van der Waals surface area contributed by atoms with Crippen LogP contribution in [0.25, 0.3) is 11.1 Å². The molecule has 39 heavy (non-hydrogen) atoms. The van der Waals surface area contributed by atoms with Crippen LogP contribution in [0.1, 0.15) is 40.4 Å². The summed E-state index contributed by atoms with van der Waals surface area (Å²) in [4.78, 5) is 11.4. The Hall–Kier alpha value is -2.47. The summed E-state index contributed by atoms with van der Waals surface area (Å²) >= 11 is 16.3. The summed E-state index contributed by atoms with van der Waals surface area (Å²) in [7, 11) is -6.02. The Bertz CT molecular complexity index is 1500. The molecule has 4 rings (SSSR count). The van der Waals surface area contributed by atoms with Crippen molar-refractivity contribution < 1.29 is 40.0 Å². The number of ether oxygens (including phenoxy) is 2. The van der Waals surface area contributed by atoms with Crippen molar-refractivity contribution in [1.82, 2.24) is 0 Å². The van der Waals surface area contributed by atoms with Crippen LogP contribution in [-0.2, 0) is 16.5 Å². The molecule has 0 fully saturated rings. The van der Waals surface area contributed by atoms with E-state index in [4.69, 9.17) is 32.7 Å². The summed E-state index contributed by atoms with van der Waals surface area (Å²) in [5.41, 5.74) is -2.77. The molecule has 0 bridgehead atoms. The highest BCUT2D eigenvalue weighted by molar-refractivity contribution is 9.09. The number of halogens is 6. The first-order valence-electron chi connectivity index (χ1n) is 11.5. The summed E-state index contributed by atoms with van der Waals surface area (Å²) < 4.78 is 77.7. The highest BCUT2D eigenvalue weighted by atomic mass is 79.9. The zero-order valence-corrected chi connectivity index (χ0v) is 23.8. The number of benzene rings is 3. The van der Waals surface area contributed by atoms with Gasteiger partial charge in [-0.15, -0.1) is 0 Å². The molecule has 13 heteroatoms. The van der Waals surface area contributed by atoms with Crippen LogP contribution in [0.15, 0.2) is 48.5 Å². The Kier molecular flexibility index (Phi) is 9.05. The van der Waals surface area contributed by atoms with Crippen molar-refractivity contribution in [1.29, 1.82) is 0 Å². The first kappa shape index (κ1) is 29.5. The fraction of sp³-hybridized carbons (Fsp3) is 0.269. The number of carbonyl (C=O) groups is 1. The third-order valence-electron chi connectivity index (χ3n) is 5.95. The van der Waals surface area contributed by atoms with Gasteiger partial charge >= 0.3 is 15.6 Å². The molecular weight excluding hydrogens is 648 g/mol. The van der Waals surface area contributed by atoms with E-state index in [1.165, 1.54) is 0 Å². The van der Waals surface area contributed by atoms with Gasteiger partial charge in [0.1, 0.15) is 17.6 Å². The van der Waals surface area contributed by atoms with Gasteiger partial charge in [-0.05, 0) is 48.1 Å². The Labute approximate surface area is 241 Å². The van der Waals surface area contributed by atoms with E-state index < -0.39 is 33.0 Å². The lowest BCUT2D eigenvalue weighted by Gasteiger charge is -2.19. The predicted octanol–water partition coefficient (Wildman–Crippen LogP) is 7.93. The number of fused-ring (bicyclic) bond motifs is 1. The van der Waals surface area contributed by atoms with Gasteiger partial charge in [-0.1, -0.05) is 69.5 Å². The molecule has 0 amide bonds. The van der Waals surface area contributed by atoms with Gasteiger partial charge in [-0.2, -0.15) is 21.6 Å². The van der Waals surface area contributed by atoms with Crippen molar-refractivity contribution in [2.75, 3.05) is 11.9 Å². The molecule has 0 spiro atoms. The molecule has 0 saturated heterocycles. The third kappa shape index (κ3) is 6.32. The average molecular weight is 668 g/mol. The fourth-order valence-corrected chi connectivity index (χ4v) is 5.38. The molecule has 208 valence electrons. The Morgan fingerprint density at radius 2 is 1.74 bits per heavy atom. The molecule has 1 atom stereocenters. The number of carbonyl (C=O) groups excluding carboxylic acids is 1. The minimum absolute atomic E-state index is 0.102. The maximum atomic E-state index is 12.9. The van der Waals surface area contributed by atoms with E-state index in [-0.39, 0.29) is 17.1 Å². The lowest BCUT2D eigenvalue weighted by Crippen LogP contribution is -2.28. The van der Waals surface area contributed by atoms with Gasteiger partial charge in [0, 0.05) is 17.0 Å². The summed E-state index contributed by atoms with van der Waals surface area (Å²) in [6, 6.07) is 13.0. The fourth-order valence-electron chi connectivity index (χ4n) is 4.18. The molecule has 1 aliphatic carbocycles. The maximum Gasteiger partial charge on any atom is 0.534 e. The number of aldehydes is 1. The molecule has 6 nitrogen and oxygen atoms in total. The number of hydrogen-bond acceptors (Lipinski definition) is 6. The Morgan fingerprint density at radius 1 is 1.03 bits per heavy atom. The zero-order chi connectivity index (χ0) is 28.4. The van der Waals surface area contributed by atoms with Crippen LogP contribution in [0.2, 0.25) is 10.0 Å². The van der Waals surface area contributed by atoms with E-state index in [2.05, 4.69) is 20.1 Å². The number of hydrogen-bond donors (Lipinski definition) is 0. The predicted molar refractivity (Wildman–Crippen MR) is 145 cm³/mol. The summed E-state index contributed by atoms with van der Waals surface area (Å²) in [6.07, 6.45) is 1.47. The molecule has 0 aromatic heterocycles. The molecular formula is C26H20BrCl2F3O6S. The van der Waals surface area contributed by atoms with Gasteiger partial charge in [0.2, 0.25) is 0 Å². The molecule has 0 N–H and O–H groups in total. The molecule has 0 radical (unpaired) electrons. The summed E-state index contributed by atoms with van der Waals surface area (Å²) in [5, 5.41) is 1.16. The van der Waals surface area contributed by atoms with Gasteiger partial charge in [-0.25, -0.2) is 0 Å². The van der Waals surface area contributed by atoms with Crippen LogP contribution in [0.5, 0.6) is 17.2 Å². The summed E-state index contributed by atoms with van der Waals surface area (Å²) in [5.74, 6) is -0.433. The van der Waals surface area contributed by atoms with Crippen molar-refractivity contribution in [3.05, 3.63) is 75.3 Å². The van der Waals surface area contributed by atoms with Crippen molar-refractivity contribution >= 4 is 55.5 Å². The smallest absolute Gasteiger partial charge is 0.492 e. The van der Waals surface area contributed by atoms with Gasteiger partial charge in [0.15, 0.2) is 12.0 Å². The number of alkyl halides is 4. The third-order valence-corrected chi connectivity index (χ3v) is 8.16. The van der Waals surface area contributed by atoms with E-state index in [0.29, 0.717) is 30.2 Å². The van der Waals surface area contributed by atoms with E-state index >= 15 is 0 Å². The van der Waals surface area contributed by atoms with Crippen LogP contribution in [0.3, 0.4) is 0 Å². The largest absolute Gasteiger partial charge is 0.534 e. The second-order valence-corrected chi connectivity index (χ2v) is 11.6. The minimum atomic E-state index is -6.02. The molecule has 3 aromatic carbocycles. The quantitative estimate of drug-likeness (QED) is 0.0718. The first-order valence-corrected chi connectivity index (χ1v) is 14.8. The zero-order valence-electron chi connectivity index (χ0n) is 19.9. The minimum Gasteiger partial charge on any atom is -0.492 e. The summed E-state index contributed by atoms with van der Waals surface area (Å²) in [6.45, 7) is 0.497. The lowest BCUT2D eigenvalue weighted by atomic mass is 9.96. The van der Waals surface area contributed by atoms with Crippen LogP contribution < -0.4 is 13.7 Å². The van der Waals surface area contributed by atoms with Crippen molar-refractivity contribution in [3.63, 3.8) is 0 Å². The number of rotatable bonds is 10. The van der Waals surface area contributed by atoms with E-state index in [9.17, 15) is 26.4 Å². The molecule has 0 aliphatic heterocycles. The monoisotopic (exact) mass is 666 g/mol. The Morgan fingerprint density at radius 3 is 2.44 bits per heavy atom. The van der Waals surface area contributed by atoms with E-state index in [0.717, 1.165) is 46.1 Å². The van der Waals surface area contributed by atoms with Crippen molar-refractivity contribution in [2.45, 2.75) is 30.9 Å². The van der Waals surface area contributed by atoms with Crippen LogP contribution in [-0.4, -0.2) is 32.1 Å². The molecule has 1 aliphatic rings. The van der Waals surface area contributed by atoms with Crippen molar-refractivity contribution in [3.8, 4) is 28.4 Å². The Balaban J connectivity index is 1.65. The van der Waals surface area contributed by atoms with Gasteiger partial charge < -0.3 is 13.7 Å². The molecule has 0 unspecified atom stereocenters. The highest BCUT2D eigenvalue weighted by Crippen LogP contribution is 2.45. The standard InChI is InChI=1S/C26H20BrCl2F3O6S/c27-10-3-11-36-22-7-2-6-19(25(22)29)16-4-1-5-18-17(16)8-9-21(18)37-24-13-23(15(14-33)12-20(24)28)38-39(34,35)26(30,31)32/h1-2,4-7,12-14,21H,3,8-11H2/t21-/m0/s1. The highest BCUT2D eigenvalue weighted by Gasteiger charge is 2.49. The topological polar surface area (TPSA) is 78.9 Å². The molecule has 3 aromatic rings.